The lowest BCUT2D eigenvalue weighted by Crippen LogP contribution is -1.75. The van der Waals surface area contributed by atoms with E-state index in [9.17, 15) is 4.39 Å². The van der Waals surface area contributed by atoms with E-state index in [-0.39, 0.29) is 5.82 Å². The quantitative estimate of drug-likeness (QED) is 0.710. The Labute approximate surface area is 83.1 Å². The fourth-order valence-electron chi connectivity index (χ4n) is 1.28. The predicted molar refractivity (Wildman–Crippen MR) is 55.7 cm³/mol. The van der Waals surface area contributed by atoms with Gasteiger partial charge in [0.15, 0.2) is 0 Å². The van der Waals surface area contributed by atoms with Gasteiger partial charge in [0.05, 0.1) is 5.52 Å². The van der Waals surface area contributed by atoms with E-state index < -0.39 is 0 Å². The first-order valence-electron chi connectivity index (χ1n) is 3.62. The van der Waals surface area contributed by atoms with Crippen molar-refractivity contribution in [3.63, 3.8) is 0 Å². The number of nitrogens with one attached hydrogen (secondary N) is 1. The Balaban J connectivity index is 2.95. The largest absolute Gasteiger partial charge is 0.355 e. The molecule has 0 saturated heterocycles. The smallest absolute Gasteiger partial charge is 0.147 e. The fraction of sp³-hybridized carbons (Fsp3) is 0.111. The van der Waals surface area contributed by atoms with Crippen LogP contribution in [0, 0.1) is 16.3 Å². The number of halogens is 2. The van der Waals surface area contributed by atoms with Gasteiger partial charge in [0.1, 0.15) is 5.82 Å². The van der Waals surface area contributed by atoms with E-state index in [1.807, 2.05) is 13.0 Å². The molecule has 0 spiro atoms. The topological polar surface area (TPSA) is 15.8 Å². The molecule has 1 aromatic carbocycles. The van der Waals surface area contributed by atoms with Crippen molar-refractivity contribution in [1.82, 2.24) is 4.98 Å². The maximum Gasteiger partial charge on any atom is 0.147 e. The fourth-order valence-corrected chi connectivity index (χ4v) is 1.86. The second kappa shape index (κ2) is 2.73. The minimum Gasteiger partial charge on any atom is -0.355 e. The number of H-pyrrole nitrogens is 1. The van der Waals surface area contributed by atoms with Crippen LogP contribution in [0.2, 0.25) is 0 Å². The molecule has 1 aromatic heterocycles. The lowest BCUT2D eigenvalue weighted by molar-refractivity contribution is 0.637. The molecule has 1 nitrogen and oxygen atoms in total. The van der Waals surface area contributed by atoms with Gasteiger partial charge in [-0.3, -0.25) is 0 Å². The lowest BCUT2D eigenvalue weighted by atomic mass is 10.2. The van der Waals surface area contributed by atoms with Crippen molar-refractivity contribution in [3.05, 3.63) is 33.3 Å². The third kappa shape index (κ3) is 1.03. The molecule has 1 heterocycles. The summed E-state index contributed by atoms with van der Waals surface area (Å²) in [6, 6.07) is 5.12. The van der Waals surface area contributed by atoms with Gasteiger partial charge >= 0.3 is 0 Å². The Morgan fingerprint density at radius 2 is 2.17 bits per heavy atom. The highest BCUT2D eigenvalue weighted by molar-refractivity contribution is 14.1. The van der Waals surface area contributed by atoms with Crippen molar-refractivity contribution in [1.29, 1.82) is 0 Å². The maximum atomic E-state index is 13.1. The van der Waals surface area contributed by atoms with E-state index in [1.54, 1.807) is 6.07 Å². The molecule has 2 rings (SSSR count). The molecular weight excluding hydrogens is 268 g/mol. The summed E-state index contributed by atoms with van der Waals surface area (Å²) >= 11 is 2.22. The van der Waals surface area contributed by atoms with Gasteiger partial charge in [-0.25, -0.2) is 4.39 Å². The molecule has 2 aromatic rings. The molecule has 0 radical (unpaired) electrons. The van der Waals surface area contributed by atoms with Crippen LogP contribution >= 0.6 is 22.6 Å². The van der Waals surface area contributed by atoms with Crippen molar-refractivity contribution in [2.24, 2.45) is 0 Å². The monoisotopic (exact) mass is 275 g/mol. The average Bonchev–Trinajstić information content (AvgIpc) is 2.32. The first-order valence-corrected chi connectivity index (χ1v) is 4.70. The van der Waals surface area contributed by atoms with Gasteiger partial charge in [0.25, 0.3) is 0 Å². The summed E-state index contributed by atoms with van der Waals surface area (Å²) in [6.45, 7) is 1.95. The third-order valence-corrected chi connectivity index (χ3v) is 3.28. The molecule has 0 atom stereocenters. The average molecular weight is 275 g/mol. The van der Waals surface area contributed by atoms with Crippen molar-refractivity contribution < 1.29 is 4.39 Å². The summed E-state index contributed by atoms with van der Waals surface area (Å²) in [5.41, 5.74) is 1.63. The Morgan fingerprint density at radius 1 is 1.42 bits per heavy atom. The number of aryl methyl sites for hydroxylation is 1. The zero-order valence-corrected chi connectivity index (χ0v) is 8.65. The van der Waals surface area contributed by atoms with Gasteiger partial charge in [-0.2, -0.15) is 0 Å². The number of aromatic nitrogens is 1. The molecule has 0 aliphatic rings. The van der Waals surface area contributed by atoms with Crippen LogP contribution in [0.4, 0.5) is 4.39 Å². The normalized spacial score (nSPS) is 10.9. The molecule has 12 heavy (non-hydrogen) atoms. The zero-order valence-electron chi connectivity index (χ0n) is 6.49. The van der Waals surface area contributed by atoms with Gasteiger partial charge in [-0.15, -0.1) is 0 Å². The summed E-state index contributed by atoms with van der Waals surface area (Å²) in [7, 11) is 0. The van der Waals surface area contributed by atoms with Crippen LogP contribution in [-0.2, 0) is 0 Å². The summed E-state index contributed by atoms with van der Waals surface area (Å²) in [4.78, 5) is 3.01. The first-order chi connectivity index (χ1) is 5.70. The van der Waals surface area contributed by atoms with E-state index in [4.69, 9.17) is 0 Å². The number of hydrogen-bond acceptors (Lipinski definition) is 0. The maximum absolute atomic E-state index is 13.1. The molecule has 0 bridgehead atoms. The Hall–Kier alpha value is -0.580. The molecule has 3 heteroatoms. The van der Waals surface area contributed by atoms with Crippen molar-refractivity contribution in [2.75, 3.05) is 0 Å². The van der Waals surface area contributed by atoms with Crippen molar-refractivity contribution >= 4 is 33.5 Å². The first kappa shape index (κ1) is 8.04. The van der Waals surface area contributed by atoms with E-state index in [0.29, 0.717) is 5.52 Å². The van der Waals surface area contributed by atoms with Gasteiger partial charge in [0, 0.05) is 14.7 Å². The van der Waals surface area contributed by atoms with E-state index in [0.717, 1.165) is 14.7 Å². The van der Waals surface area contributed by atoms with Gasteiger partial charge in [-0.1, -0.05) is 12.1 Å². The summed E-state index contributed by atoms with van der Waals surface area (Å²) < 4.78 is 14.2. The van der Waals surface area contributed by atoms with Gasteiger partial charge in [0.2, 0.25) is 0 Å². The summed E-state index contributed by atoms with van der Waals surface area (Å²) in [5, 5.41) is 0.966. The molecule has 0 saturated carbocycles. The molecule has 0 unspecified atom stereocenters. The minimum atomic E-state index is -0.182. The lowest BCUT2D eigenvalue weighted by Gasteiger charge is -1.90. The number of hydrogen-bond donors (Lipinski definition) is 1. The Bertz CT molecular complexity index is 433. The minimum absolute atomic E-state index is 0.182. The molecule has 0 aliphatic carbocycles. The standard InChI is InChI=1S/C9H7FIN/c1-5-8(11)6-3-2-4-7(10)9(6)12-5/h2-4,12H,1H3. The summed E-state index contributed by atoms with van der Waals surface area (Å²) in [5.74, 6) is -0.182. The molecule has 62 valence electrons. The van der Waals surface area contributed by atoms with Gasteiger partial charge in [-0.05, 0) is 35.6 Å². The number of rotatable bonds is 0. The molecule has 0 fully saturated rings. The number of benzene rings is 1. The van der Waals surface area contributed by atoms with E-state index in [2.05, 4.69) is 27.6 Å². The number of para-hydroxylation sites is 1. The van der Waals surface area contributed by atoms with Crippen LogP contribution in [0.3, 0.4) is 0 Å². The Kier molecular flexibility index (Phi) is 1.83. The van der Waals surface area contributed by atoms with Crippen LogP contribution in [0.5, 0.6) is 0 Å². The molecule has 1 N–H and O–H groups in total. The van der Waals surface area contributed by atoms with Crippen molar-refractivity contribution in [2.45, 2.75) is 6.92 Å². The van der Waals surface area contributed by atoms with Crippen LogP contribution in [-0.4, -0.2) is 4.98 Å². The van der Waals surface area contributed by atoms with E-state index >= 15 is 0 Å². The highest BCUT2D eigenvalue weighted by Crippen LogP contribution is 2.24. The second-order valence-corrected chi connectivity index (χ2v) is 3.81. The van der Waals surface area contributed by atoms with Crippen LogP contribution in [0.1, 0.15) is 5.69 Å². The van der Waals surface area contributed by atoms with Crippen LogP contribution in [0.25, 0.3) is 10.9 Å². The highest BCUT2D eigenvalue weighted by Gasteiger charge is 2.07. The molecule has 0 amide bonds. The molecular formula is C9H7FIN. The summed E-state index contributed by atoms with van der Waals surface area (Å²) in [6.07, 6.45) is 0. The van der Waals surface area contributed by atoms with Crippen molar-refractivity contribution in [3.8, 4) is 0 Å². The second-order valence-electron chi connectivity index (χ2n) is 2.73. The van der Waals surface area contributed by atoms with Crippen LogP contribution in [0.15, 0.2) is 18.2 Å². The SMILES string of the molecule is Cc1[nH]c2c(F)cccc2c1I. The van der Waals surface area contributed by atoms with E-state index in [1.165, 1.54) is 6.07 Å². The number of aromatic amines is 1. The third-order valence-electron chi connectivity index (χ3n) is 1.89. The van der Waals surface area contributed by atoms with Crippen LogP contribution < -0.4 is 0 Å². The van der Waals surface area contributed by atoms with Gasteiger partial charge < -0.3 is 4.98 Å². The number of fused-ring (bicyclic) bond motifs is 1. The Morgan fingerprint density at radius 3 is 2.83 bits per heavy atom. The zero-order chi connectivity index (χ0) is 8.72. The highest BCUT2D eigenvalue weighted by atomic mass is 127. The molecule has 0 aliphatic heterocycles. The predicted octanol–water partition coefficient (Wildman–Crippen LogP) is 3.22.